The van der Waals surface area contributed by atoms with Gasteiger partial charge in [0.15, 0.2) is 17.4 Å². The number of alkyl halides is 3. The Morgan fingerprint density at radius 3 is 2.55 bits per heavy atom. The Morgan fingerprint density at radius 2 is 1.89 bits per heavy atom. The van der Waals surface area contributed by atoms with Crippen LogP contribution in [0.5, 0.6) is 11.6 Å². The Labute approximate surface area is 250 Å². The molecule has 44 heavy (non-hydrogen) atoms. The summed E-state index contributed by atoms with van der Waals surface area (Å²) >= 11 is 0. The van der Waals surface area contributed by atoms with Crippen molar-refractivity contribution in [2.45, 2.75) is 90.0 Å². The fraction of sp³-hybridized carbons (Fsp3) is 0.500. The number of nitrogen functional groups attached to an aromatic ring is 1. The van der Waals surface area contributed by atoms with Crippen molar-refractivity contribution in [3.63, 3.8) is 0 Å². The lowest BCUT2D eigenvalue weighted by Gasteiger charge is -2.47. The third-order valence-electron chi connectivity index (χ3n) is 8.59. The topological polar surface area (TPSA) is 115 Å². The molecule has 236 valence electrons. The van der Waals surface area contributed by atoms with E-state index in [9.17, 15) is 22.4 Å². The van der Waals surface area contributed by atoms with Gasteiger partial charge in [0.05, 0.1) is 17.0 Å². The molecule has 3 aromatic rings. The minimum absolute atomic E-state index is 0.000198. The SMILES string of the molecule is Cc1nc2c3c(nc(-c4cc(N)cc(F)c4OC(F)(F)F)c(F)c3c1C)OC(C)C1C3CCC(C(=O)NC(C)(C)C)(CN21)N3. The number of aryl methyl sites for hydroxylation is 2. The Balaban J connectivity index is 1.58. The second-order valence-corrected chi connectivity index (χ2v) is 12.9. The highest BCUT2D eigenvalue weighted by Gasteiger charge is 2.57. The second-order valence-electron chi connectivity index (χ2n) is 12.9. The molecule has 3 aliphatic heterocycles. The van der Waals surface area contributed by atoms with E-state index in [0.29, 0.717) is 36.0 Å². The number of ether oxygens (including phenoxy) is 2. The number of halogens is 5. The number of pyridine rings is 2. The van der Waals surface area contributed by atoms with Gasteiger partial charge in [-0.3, -0.25) is 10.1 Å². The highest BCUT2D eigenvalue weighted by Crippen LogP contribution is 2.48. The van der Waals surface area contributed by atoms with Gasteiger partial charge in [0, 0.05) is 41.0 Å². The van der Waals surface area contributed by atoms with Crippen molar-refractivity contribution in [1.82, 2.24) is 20.6 Å². The number of piperazine rings is 1. The van der Waals surface area contributed by atoms with E-state index in [-0.39, 0.29) is 46.9 Å². The molecule has 2 saturated heterocycles. The molecule has 3 aliphatic rings. The first-order valence-corrected chi connectivity index (χ1v) is 14.3. The van der Waals surface area contributed by atoms with Crippen LogP contribution in [0.1, 0.15) is 51.8 Å². The molecule has 0 spiro atoms. The van der Waals surface area contributed by atoms with Gasteiger partial charge in [-0.25, -0.2) is 18.7 Å². The van der Waals surface area contributed by atoms with Gasteiger partial charge in [-0.1, -0.05) is 0 Å². The normalized spacial score (nSPS) is 24.5. The van der Waals surface area contributed by atoms with Crippen LogP contribution in [-0.4, -0.2) is 58.0 Å². The predicted molar refractivity (Wildman–Crippen MR) is 153 cm³/mol. The van der Waals surface area contributed by atoms with Crippen molar-refractivity contribution < 1.29 is 36.2 Å². The second kappa shape index (κ2) is 9.78. The van der Waals surface area contributed by atoms with E-state index in [0.717, 1.165) is 6.07 Å². The number of amides is 1. The number of fused-ring (bicyclic) bond motifs is 5. The number of carbonyl (C=O) groups excluding carboxylic acids is 1. The molecule has 0 saturated carbocycles. The number of hydrogen-bond acceptors (Lipinski definition) is 8. The number of aromatic nitrogens is 2. The lowest BCUT2D eigenvalue weighted by Crippen LogP contribution is -2.72. The molecule has 4 atom stereocenters. The summed E-state index contributed by atoms with van der Waals surface area (Å²) in [4.78, 5) is 24.8. The minimum atomic E-state index is -5.27. The lowest BCUT2D eigenvalue weighted by molar-refractivity contribution is -0.275. The van der Waals surface area contributed by atoms with E-state index in [1.807, 2.05) is 25.7 Å². The average molecular weight is 621 g/mol. The summed E-state index contributed by atoms with van der Waals surface area (Å²) in [5.41, 5.74) is 3.70. The quantitative estimate of drug-likeness (QED) is 0.276. The van der Waals surface area contributed by atoms with Crippen LogP contribution in [0.4, 0.5) is 33.5 Å². The van der Waals surface area contributed by atoms with E-state index >= 15 is 4.39 Å². The van der Waals surface area contributed by atoms with E-state index in [1.165, 1.54) is 0 Å². The van der Waals surface area contributed by atoms with Crippen molar-refractivity contribution in [1.29, 1.82) is 0 Å². The van der Waals surface area contributed by atoms with E-state index in [2.05, 4.69) is 20.4 Å². The standard InChI is InChI=1S/C30H33F5N6O3/c1-12-13(2)37-25-20-19(12)21(32)22(16-9-15(36)10-17(31)24(16)44-30(33,34)35)38-26(20)43-14(3)23-18-7-8-29(39-18,11-41(23)25)27(42)40-28(4,5)6/h9-10,14,18,23,39H,7-8,11,36H2,1-6H3,(H,40,42). The number of benzene rings is 1. The van der Waals surface area contributed by atoms with Crippen LogP contribution in [0.25, 0.3) is 22.0 Å². The first-order chi connectivity index (χ1) is 20.4. The number of nitrogens with zero attached hydrogens (tertiary/aromatic N) is 3. The van der Waals surface area contributed by atoms with Crippen molar-refractivity contribution in [2.75, 3.05) is 17.2 Å². The molecule has 0 radical (unpaired) electrons. The van der Waals surface area contributed by atoms with Gasteiger partial charge in [0.25, 0.3) is 0 Å². The zero-order valence-corrected chi connectivity index (χ0v) is 25.0. The van der Waals surface area contributed by atoms with Crippen molar-refractivity contribution >= 4 is 28.2 Å². The third kappa shape index (κ3) is 4.83. The summed E-state index contributed by atoms with van der Waals surface area (Å²) in [6.45, 7) is 11.0. The van der Waals surface area contributed by atoms with Gasteiger partial charge in [-0.15, -0.1) is 13.2 Å². The largest absolute Gasteiger partial charge is 0.573 e. The van der Waals surface area contributed by atoms with Crippen LogP contribution >= 0.6 is 0 Å². The van der Waals surface area contributed by atoms with Gasteiger partial charge in [-0.05, 0) is 66.0 Å². The van der Waals surface area contributed by atoms with Gasteiger partial charge in [-0.2, -0.15) is 0 Å². The first kappa shape index (κ1) is 30.1. The number of rotatable bonds is 3. The summed E-state index contributed by atoms with van der Waals surface area (Å²) in [7, 11) is 0. The van der Waals surface area contributed by atoms with E-state index in [4.69, 9.17) is 15.5 Å². The highest BCUT2D eigenvalue weighted by molar-refractivity contribution is 6.02. The molecule has 0 aliphatic carbocycles. The molecule has 2 aromatic heterocycles. The number of hydrogen-bond donors (Lipinski definition) is 3. The molecule has 4 unspecified atom stereocenters. The third-order valence-corrected chi connectivity index (χ3v) is 8.59. The molecule has 6 rings (SSSR count). The average Bonchev–Trinajstić information content (AvgIpc) is 3.19. The number of carbonyl (C=O) groups is 1. The molecule has 5 heterocycles. The number of nitrogens with two attached hydrogens (primary N) is 1. The first-order valence-electron chi connectivity index (χ1n) is 14.3. The number of anilines is 2. The Bertz CT molecular complexity index is 1710. The maximum atomic E-state index is 16.7. The van der Waals surface area contributed by atoms with Crippen LogP contribution in [0, 0.1) is 25.5 Å². The zero-order valence-electron chi connectivity index (χ0n) is 25.0. The summed E-state index contributed by atoms with van der Waals surface area (Å²) < 4.78 is 81.8. The van der Waals surface area contributed by atoms with E-state index in [1.54, 1.807) is 20.8 Å². The monoisotopic (exact) mass is 620 g/mol. The molecule has 9 nitrogen and oxygen atoms in total. The molecule has 1 amide bonds. The van der Waals surface area contributed by atoms with Crippen LogP contribution in [0.15, 0.2) is 12.1 Å². The van der Waals surface area contributed by atoms with Gasteiger partial charge < -0.3 is 25.4 Å². The highest BCUT2D eigenvalue weighted by atomic mass is 19.4. The molecular formula is C30H33F5N6O3. The maximum absolute atomic E-state index is 16.7. The molecule has 1 aromatic carbocycles. The van der Waals surface area contributed by atoms with Crippen molar-refractivity contribution in [3.8, 4) is 22.9 Å². The minimum Gasteiger partial charge on any atom is -0.472 e. The molecule has 2 fully saturated rings. The van der Waals surface area contributed by atoms with Crippen LogP contribution < -0.4 is 30.7 Å². The van der Waals surface area contributed by atoms with Crippen molar-refractivity contribution in [2.24, 2.45) is 0 Å². The smallest absolute Gasteiger partial charge is 0.472 e. The Kier molecular flexibility index (Phi) is 6.69. The Hall–Kier alpha value is -3.94. The van der Waals surface area contributed by atoms with Crippen LogP contribution in [0.3, 0.4) is 0 Å². The van der Waals surface area contributed by atoms with Crippen LogP contribution in [0.2, 0.25) is 0 Å². The van der Waals surface area contributed by atoms with Gasteiger partial charge >= 0.3 is 6.36 Å². The Morgan fingerprint density at radius 1 is 1.18 bits per heavy atom. The van der Waals surface area contributed by atoms with Crippen molar-refractivity contribution in [3.05, 3.63) is 35.0 Å². The van der Waals surface area contributed by atoms with Gasteiger partial charge in [0.2, 0.25) is 11.8 Å². The summed E-state index contributed by atoms with van der Waals surface area (Å²) in [5, 5.41) is 6.81. The van der Waals surface area contributed by atoms with E-state index < -0.39 is 52.2 Å². The summed E-state index contributed by atoms with van der Waals surface area (Å²) in [6.07, 6.45) is -4.63. The fourth-order valence-electron chi connectivity index (χ4n) is 6.71. The van der Waals surface area contributed by atoms with Gasteiger partial charge in [0.1, 0.15) is 23.2 Å². The number of nitrogens with one attached hydrogen (secondary N) is 2. The predicted octanol–water partition coefficient (Wildman–Crippen LogP) is 5.05. The fourth-order valence-corrected chi connectivity index (χ4v) is 6.71. The molecular weight excluding hydrogens is 587 g/mol. The zero-order chi connectivity index (χ0) is 32.1. The molecule has 4 N–H and O–H groups in total. The maximum Gasteiger partial charge on any atom is 0.573 e. The summed E-state index contributed by atoms with van der Waals surface area (Å²) in [6, 6.07) is 1.08. The lowest BCUT2D eigenvalue weighted by atomic mass is 9.91. The molecule has 14 heteroatoms. The van der Waals surface area contributed by atoms with Crippen LogP contribution in [-0.2, 0) is 4.79 Å². The molecule has 2 bridgehead atoms. The summed E-state index contributed by atoms with van der Waals surface area (Å²) in [5.74, 6) is -3.62.